The van der Waals surface area contributed by atoms with Crippen molar-refractivity contribution in [1.82, 2.24) is 24.4 Å². The molecule has 174 valence electrons. The van der Waals surface area contributed by atoms with Gasteiger partial charge in [0.05, 0.1) is 11.8 Å². The van der Waals surface area contributed by atoms with Crippen LogP contribution in [0, 0.1) is 5.92 Å². The number of piperidine rings is 1. The minimum absolute atomic E-state index is 0.0297. The maximum absolute atomic E-state index is 12.2. The molecule has 0 bridgehead atoms. The monoisotopic (exact) mass is 440 g/mol. The summed E-state index contributed by atoms with van der Waals surface area (Å²) in [6, 6.07) is 4.05. The summed E-state index contributed by atoms with van der Waals surface area (Å²) in [6.07, 6.45) is 9.09. The van der Waals surface area contributed by atoms with Crippen LogP contribution in [-0.4, -0.2) is 75.2 Å². The van der Waals surface area contributed by atoms with Crippen LogP contribution < -0.4 is 5.32 Å². The Labute approximate surface area is 190 Å². The lowest BCUT2D eigenvalue weighted by atomic mass is 9.85. The van der Waals surface area contributed by atoms with Gasteiger partial charge in [0.2, 0.25) is 5.91 Å². The van der Waals surface area contributed by atoms with Gasteiger partial charge < -0.3 is 15.0 Å². The van der Waals surface area contributed by atoms with E-state index in [1.54, 1.807) is 0 Å². The molecule has 0 radical (unpaired) electrons. The Hall–Kier alpha value is -2.03. The van der Waals surface area contributed by atoms with E-state index in [2.05, 4.69) is 38.3 Å². The maximum Gasteiger partial charge on any atom is 0.228 e. The first-order chi connectivity index (χ1) is 15.4. The van der Waals surface area contributed by atoms with E-state index < -0.39 is 0 Å². The summed E-state index contributed by atoms with van der Waals surface area (Å²) in [5.74, 6) is 0.413. The zero-order valence-electron chi connectivity index (χ0n) is 19.6. The predicted molar refractivity (Wildman–Crippen MR) is 124 cm³/mol. The highest BCUT2D eigenvalue weighted by Gasteiger charge is 2.44. The number of rotatable bonds is 5. The second-order valence-electron chi connectivity index (χ2n) is 10.2. The van der Waals surface area contributed by atoms with Crippen molar-refractivity contribution in [2.45, 2.75) is 70.1 Å². The molecule has 2 aromatic heterocycles. The molecule has 1 spiro atoms. The van der Waals surface area contributed by atoms with Gasteiger partial charge in [-0.15, -0.1) is 0 Å². The van der Waals surface area contributed by atoms with Crippen molar-refractivity contribution >= 4 is 17.2 Å². The summed E-state index contributed by atoms with van der Waals surface area (Å²) in [5.41, 5.74) is 2.25. The Morgan fingerprint density at radius 2 is 2.03 bits per heavy atom. The van der Waals surface area contributed by atoms with E-state index in [1.165, 1.54) is 51.6 Å². The zero-order valence-corrected chi connectivity index (χ0v) is 19.6. The van der Waals surface area contributed by atoms with Crippen LogP contribution in [0.3, 0.4) is 0 Å². The number of hydrogen-bond acceptors (Lipinski definition) is 6. The van der Waals surface area contributed by atoms with E-state index in [4.69, 9.17) is 4.74 Å². The molecule has 8 nitrogen and oxygen atoms in total. The highest BCUT2D eigenvalue weighted by Crippen LogP contribution is 2.40. The summed E-state index contributed by atoms with van der Waals surface area (Å²) in [7, 11) is 2.24. The fourth-order valence-electron chi connectivity index (χ4n) is 5.74. The van der Waals surface area contributed by atoms with E-state index in [1.807, 2.05) is 24.4 Å². The van der Waals surface area contributed by atoms with Gasteiger partial charge in [-0.2, -0.15) is 5.10 Å². The van der Waals surface area contributed by atoms with Gasteiger partial charge >= 0.3 is 0 Å². The molecule has 1 amide bonds. The third-order valence-corrected chi connectivity index (χ3v) is 7.77. The average Bonchev–Trinajstić information content (AvgIpc) is 3.50. The molecule has 3 aliphatic heterocycles. The second kappa shape index (κ2) is 8.72. The molecular formula is C24H36N6O2. The number of nitrogens with zero attached hydrogens (tertiary/aromatic N) is 5. The zero-order chi connectivity index (χ0) is 22.3. The van der Waals surface area contributed by atoms with Gasteiger partial charge in [-0.3, -0.25) is 9.69 Å². The first kappa shape index (κ1) is 21.8. The molecule has 2 aromatic rings. The van der Waals surface area contributed by atoms with Crippen LogP contribution in [0.25, 0.3) is 5.52 Å². The molecular weight excluding hydrogens is 404 g/mol. The standard InChI is InChI=1S/C24H36N6O2/c1-17(2)23(31)27-22-20-7-6-19(30(20)26-16-25-22)21-8-5-18(32-21)15-29-12-4-9-24(29)10-13-28(3)14-11-24/h6-7,16-18,21H,4-5,8-15H2,1-3H3,(H,25,26,27,31)/t18-,21+/m0/s1. The number of anilines is 1. The van der Waals surface area contributed by atoms with Crippen molar-refractivity contribution in [2.24, 2.45) is 5.92 Å². The second-order valence-corrected chi connectivity index (χ2v) is 10.2. The lowest BCUT2D eigenvalue weighted by molar-refractivity contribution is -0.118. The third-order valence-electron chi connectivity index (χ3n) is 7.77. The Morgan fingerprint density at radius 3 is 2.81 bits per heavy atom. The number of amides is 1. The normalized spacial score (nSPS) is 26.5. The van der Waals surface area contributed by atoms with Gasteiger partial charge in [0.15, 0.2) is 5.82 Å². The first-order valence-corrected chi connectivity index (χ1v) is 12.2. The van der Waals surface area contributed by atoms with Crippen molar-refractivity contribution in [3.05, 3.63) is 24.2 Å². The minimum atomic E-state index is -0.100. The molecule has 2 atom stereocenters. The van der Waals surface area contributed by atoms with E-state index in [0.717, 1.165) is 30.6 Å². The fraction of sp³-hybridized carbons (Fsp3) is 0.708. The molecule has 32 heavy (non-hydrogen) atoms. The smallest absolute Gasteiger partial charge is 0.228 e. The summed E-state index contributed by atoms with van der Waals surface area (Å²) in [4.78, 5) is 21.7. The fourth-order valence-corrected chi connectivity index (χ4v) is 5.74. The van der Waals surface area contributed by atoms with Crippen molar-refractivity contribution in [3.8, 4) is 0 Å². The molecule has 0 saturated carbocycles. The van der Waals surface area contributed by atoms with Gasteiger partial charge in [-0.1, -0.05) is 13.8 Å². The average molecular weight is 441 g/mol. The van der Waals surface area contributed by atoms with Crippen LogP contribution in [-0.2, 0) is 9.53 Å². The maximum atomic E-state index is 12.2. The van der Waals surface area contributed by atoms with Crippen LogP contribution in [0.1, 0.15) is 64.2 Å². The number of carbonyl (C=O) groups excluding carboxylic acids is 1. The Morgan fingerprint density at radius 1 is 1.22 bits per heavy atom. The number of likely N-dealkylation sites (tertiary alicyclic amines) is 2. The third kappa shape index (κ3) is 4.04. The first-order valence-electron chi connectivity index (χ1n) is 12.2. The molecule has 8 heteroatoms. The van der Waals surface area contributed by atoms with Crippen molar-refractivity contribution < 1.29 is 9.53 Å². The molecule has 3 fully saturated rings. The van der Waals surface area contributed by atoms with Gasteiger partial charge in [-0.05, 0) is 77.3 Å². The largest absolute Gasteiger partial charge is 0.367 e. The highest BCUT2D eigenvalue weighted by molar-refractivity contribution is 5.94. The van der Waals surface area contributed by atoms with Crippen LogP contribution in [0.4, 0.5) is 5.82 Å². The van der Waals surface area contributed by atoms with Crippen LogP contribution in [0.5, 0.6) is 0 Å². The molecule has 0 unspecified atom stereocenters. The predicted octanol–water partition coefficient (Wildman–Crippen LogP) is 3.10. The molecule has 3 saturated heterocycles. The highest BCUT2D eigenvalue weighted by atomic mass is 16.5. The molecule has 0 aliphatic carbocycles. The topological polar surface area (TPSA) is 75.0 Å². The number of hydrogen-bond donors (Lipinski definition) is 1. The minimum Gasteiger partial charge on any atom is -0.367 e. The van der Waals surface area contributed by atoms with Crippen LogP contribution >= 0.6 is 0 Å². The number of aromatic nitrogens is 3. The Bertz CT molecular complexity index is 965. The molecule has 5 heterocycles. The van der Waals surface area contributed by atoms with E-state index in [0.29, 0.717) is 11.4 Å². The molecule has 5 rings (SSSR count). The lowest BCUT2D eigenvalue weighted by Crippen LogP contribution is -2.53. The van der Waals surface area contributed by atoms with E-state index >= 15 is 0 Å². The Kier molecular flexibility index (Phi) is 5.94. The van der Waals surface area contributed by atoms with Gasteiger partial charge in [0.25, 0.3) is 0 Å². The number of carbonyl (C=O) groups is 1. The van der Waals surface area contributed by atoms with Crippen molar-refractivity contribution in [1.29, 1.82) is 0 Å². The number of fused-ring (bicyclic) bond motifs is 1. The number of ether oxygens (including phenoxy) is 1. The summed E-state index contributed by atoms with van der Waals surface area (Å²) >= 11 is 0. The van der Waals surface area contributed by atoms with Gasteiger partial charge in [0, 0.05) is 18.0 Å². The number of nitrogens with one attached hydrogen (secondary N) is 1. The van der Waals surface area contributed by atoms with Crippen molar-refractivity contribution in [2.75, 3.05) is 38.5 Å². The van der Waals surface area contributed by atoms with Crippen LogP contribution in [0.15, 0.2) is 18.5 Å². The van der Waals surface area contributed by atoms with E-state index in [-0.39, 0.29) is 24.0 Å². The summed E-state index contributed by atoms with van der Waals surface area (Å²) < 4.78 is 8.45. The molecule has 3 aliphatic rings. The quantitative estimate of drug-likeness (QED) is 0.770. The van der Waals surface area contributed by atoms with Gasteiger partial charge in [0.1, 0.15) is 17.9 Å². The Balaban J connectivity index is 1.27. The molecule has 0 aromatic carbocycles. The molecule has 1 N–H and O–H groups in total. The van der Waals surface area contributed by atoms with Gasteiger partial charge in [-0.25, -0.2) is 9.50 Å². The SMILES string of the molecule is CC(C)C(=O)Nc1ncnn2c([C@H]3CC[C@@H](CN4CCCC45CCN(C)CC5)O3)ccc12. The van der Waals surface area contributed by atoms with Crippen molar-refractivity contribution in [3.63, 3.8) is 0 Å². The van der Waals surface area contributed by atoms with Crippen LogP contribution in [0.2, 0.25) is 0 Å². The summed E-state index contributed by atoms with van der Waals surface area (Å²) in [5, 5.41) is 7.38. The van der Waals surface area contributed by atoms with E-state index in [9.17, 15) is 4.79 Å². The summed E-state index contributed by atoms with van der Waals surface area (Å²) in [6.45, 7) is 8.40. The lowest BCUT2D eigenvalue weighted by Gasteiger charge is -2.45.